The highest BCUT2D eigenvalue weighted by atomic mass is 16.3. The van der Waals surface area contributed by atoms with Crippen molar-refractivity contribution >= 4 is 0 Å². The van der Waals surface area contributed by atoms with Crippen molar-refractivity contribution in [1.82, 2.24) is 4.90 Å². The predicted molar refractivity (Wildman–Crippen MR) is 40.5 cm³/mol. The molecule has 0 rings (SSSR count). The van der Waals surface area contributed by atoms with E-state index in [1.807, 2.05) is 14.1 Å². The van der Waals surface area contributed by atoms with Gasteiger partial charge in [-0.15, -0.1) is 0 Å². The van der Waals surface area contributed by atoms with Crippen LogP contribution in [0.15, 0.2) is 11.8 Å². The fraction of sp³-hybridized carbons (Fsp3) is 0.714. The number of likely N-dealkylation sites (N-methyl/N-ethyl adjacent to an activating group) is 1. The van der Waals surface area contributed by atoms with E-state index < -0.39 is 6.10 Å². The van der Waals surface area contributed by atoms with Gasteiger partial charge in [0.2, 0.25) is 0 Å². The van der Waals surface area contributed by atoms with E-state index in [1.54, 1.807) is 17.9 Å². The normalized spacial score (nSPS) is 15.1. The summed E-state index contributed by atoms with van der Waals surface area (Å²) in [5.41, 5.74) is 0.738. The number of nitrogens with zero attached hydrogens (tertiary/aromatic N) is 1. The molecule has 0 aromatic heterocycles. The Balaban J connectivity index is 4.12. The van der Waals surface area contributed by atoms with Gasteiger partial charge in [-0.1, -0.05) is 0 Å². The van der Waals surface area contributed by atoms with Crippen molar-refractivity contribution in [3.8, 4) is 0 Å². The van der Waals surface area contributed by atoms with E-state index in [4.69, 9.17) is 10.2 Å². The summed E-state index contributed by atoms with van der Waals surface area (Å²) in [7, 11) is 3.66. The van der Waals surface area contributed by atoms with Crippen molar-refractivity contribution in [1.29, 1.82) is 0 Å². The van der Waals surface area contributed by atoms with Crippen molar-refractivity contribution in [3.05, 3.63) is 11.8 Å². The summed E-state index contributed by atoms with van der Waals surface area (Å²) >= 11 is 0. The number of hydrogen-bond acceptors (Lipinski definition) is 3. The van der Waals surface area contributed by atoms with Gasteiger partial charge in [-0.3, -0.25) is 0 Å². The fourth-order valence-electron chi connectivity index (χ4n) is 0.820. The quantitative estimate of drug-likeness (QED) is 0.578. The summed E-state index contributed by atoms with van der Waals surface area (Å²) in [4.78, 5) is 1.78. The first-order valence-corrected chi connectivity index (χ1v) is 3.26. The molecule has 0 saturated carbocycles. The molecule has 2 N–H and O–H groups in total. The summed E-state index contributed by atoms with van der Waals surface area (Å²) in [6.45, 7) is 1.64. The maximum absolute atomic E-state index is 9.09. The largest absolute Gasteiger partial charge is 0.392 e. The lowest BCUT2D eigenvalue weighted by molar-refractivity contribution is 0.195. The van der Waals surface area contributed by atoms with Gasteiger partial charge in [-0.25, -0.2) is 0 Å². The van der Waals surface area contributed by atoms with Crippen LogP contribution in [0.25, 0.3) is 0 Å². The van der Waals surface area contributed by atoms with Crippen LogP contribution in [0.1, 0.15) is 6.92 Å². The highest BCUT2D eigenvalue weighted by Gasteiger charge is 2.04. The summed E-state index contributed by atoms with van der Waals surface area (Å²) in [6.07, 6.45) is 1.08. The van der Waals surface area contributed by atoms with E-state index in [9.17, 15) is 0 Å². The van der Waals surface area contributed by atoms with Crippen LogP contribution in [0.4, 0.5) is 0 Å². The van der Waals surface area contributed by atoms with Crippen LogP contribution in [0.2, 0.25) is 0 Å². The standard InChI is InChI=1S/C7H15NO2/c1-6(10)7(4-5-9)8(2)3/h4,6,9-10H,5H2,1-3H3. The van der Waals surface area contributed by atoms with E-state index >= 15 is 0 Å². The molecule has 0 heterocycles. The molecule has 1 atom stereocenters. The maximum atomic E-state index is 9.09. The second-order valence-electron chi connectivity index (χ2n) is 2.38. The zero-order chi connectivity index (χ0) is 8.15. The van der Waals surface area contributed by atoms with Gasteiger partial charge in [-0.2, -0.15) is 0 Å². The molecule has 0 spiro atoms. The van der Waals surface area contributed by atoms with Gasteiger partial charge in [0.25, 0.3) is 0 Å². The van der Waals surface area contributed by atoms with E-state index in [0.29, 0.717) is 0 Å². The SMILES string of the molecule is CC(O)C(=CCO)N(C)C. The van der Waals surface area contributed by atoms with Gasteiger partial charge >= 0.3 is 0 Å². The highest BCUT2D eigenvalue weighted by molar-refractivity contribution is 5.03. The number of rotatable bonds is 3. The van der Waals surface area contributed by atoms with Crippen molar-refractivity contribution in [2.75, 3.05) is 20.7 Å². The molecule has 0 aromatic carbocycles. The van der Waals surface area contributed by atoms with E-state index in [1.165, 1.54) is 0 Å². The molecule has 0 fully saturated rings. The van der Waals surface area contributed by atoms with Crippen molar-refractivity contribution in [3.63, 3.8) is 0 Å². The van der Waals surface area contributed by atoms with Gasteiger partial charge in [0.1, 0.15) is 0 Å². The van der Waals surface area contributed by atoms with Gasteiger partial charge in [0, 0.05) is 19.8 Å². The Labute approximate surface area is 61.6 Å². The third kappa shape index (κ3) is 2.85. The van der Waals surface area contributed by atoms with Crippen LogP contribution in [-0.4, -0.2) is 41.9 Å². The Morgan fingerprint density at radius 2 is 2.10 bits per heavy atom. The summed E-state index contributed by atoms with van der Waals surface area (Å²) in [5, 5.41) is 17.6. The molecule has 3 nitrogen and oxygen atoms in total. The molecule has 3 heteroatoms. The van der Waals surface area contributed by atoms with E-state index in [-0.39, 0.29) is 6.61 Å². The second-order valence-corrected chi connectivity index (χ2v) is 2.38. The second kappa shape index (κ2) is 4.30. The molecular weight excluding hydrogens is 130 g/mol. The molecule has 1 unspecified atom stereocenters. The first kappa shape index (κ1) is 9.46. The number of aliphatic hydroxyl groups excluding tert-OH is 2. The third-order valence-electron chi connectivity index (χ3n) is 1.24. The average molecular weight is 145 g/mol. The van der Waals surface area contributed by atoms with Crippen molar-refractivity contribution < 1.29 is 10.2 Å². The zero-order valence-electron chi connectivity index (χ0n) is 6.70. The van der Waals surface area contributed by atoms with Crippen molar-refractivity contribution in [2.24, 2.45) is 0 Å². The molecular formula is C7H15NO2. The molecule has 0 aliphatic carbocycles. The van der Waals surface area contributed by atoms with Crippen molar-refractivity contribution in [2.45, 2.75) is 13.0 Å². The minimum atomic E-state index is -0.512. The van der Waals surface area contributed by atoms with Crippen LogP contribution >= 0.6 is 0 Å². The summed E-state index contributed by atoms with van der Waals surface area (Å²) in [5.74, 6) is 0. The first-order valence-electron chi connectivity index (χ1n) is 3.26. The molecule has 0 aliphatic rings. The Hall–Kier alpha value is -0.540. The minimum Gasteiger partial charge on any atom is -0.392 e. The molecule has 0 bridgehead atoms. The fourth-order valence-corrected chi connectivity index (χ4v) is 0.820. The number of aliphatic hydroxyl groups is 2. The highest BCUT2D eigenvalue weighted by Crippen LogP contribution is 2.03. The van der Waals surface area contributed by atoms with Crippen LogP contribution < -0.4 is 0 Å². The average Bonchev–Trinajstić information content (AvgIpc) is 1.81. The van der Waals surface area contributed by atoms with Crippen LogP contribution in [0.5, 0.6) is 0 Å². The summed E-state index contributed by atoms with van der Waals surface area (Å²) < 4.78 is 0. The van der Waals surface area contributed by atoms with Crippen LogP contribution in [0.3, 0.4) is 0 Å². The first-order chi connectivity index (χ1) is 4.59. The molecule has 10 heavy (non-hydrogen) atoms. The lowest BCUT2D eigenvalue weighted by Crippen LogP contribution is -2.21. The topological polar surface area (TPSA) is 43.7 Å². The van der Waals surface area contributed by atoms with Crippen LogP contribution in [-0.2, 0) is 0 Å². The molecule has 0 radical (unpaired) electrons. The zero-order valence-corrected chi connectivity index (χ0v) is 6.70. The molecule has 60 valence electrons. The Morgan fingerprint density at radius 3 is 2.20 bits per heavy atom. The lowest BCUT2D eigenvalue weighted by atomic mass is 10.2. The molecule has 0 saturated heterocycles. The Bertz CT molecular complexity index is 109. The molecule has 0 amide bonds. The third-order valence-corrected chi connectivity index (χ3v) is 1.24. The summed E-state index contributed by atoms with van der Waals surface area (Å²) in [6, 6.07) is 0. The molecule has 0 aliphatic heterocycles. The number of hydrogen-bond donors (Lipinski definition) is 2. The maximum Gasteiger partial charge on any atom is 0.0905 e. The van der Waals surface area contributed by atoms with Gasteiger partial charge in [-0.05, 0) is 13.0 Å². The smallest absolute Gasteiger partial charge is 0.0905 e. The van der Waals surface area contributed by atoms with Gasteiger partial charge in [0.05, 0.1) is 12.7 Å². The lowest BCUT2D eigenvalue weighted by Gasteiger charge is -2.19. The minimum absolute atomic E-state index is 0.0294. The van der Waals surface area contributed by atoms with E-state index in [2.05, 4.69) is 0 Å². The van der Waals surface area contributed by atoms with Crippen LogP contribution in [0, 0.1) is 0 Å². The predicted octanol–water partition coefficient (Wildman–Crippen LogP) is -0.195. The van der Waals surface area contributed by atoms with Gasteiger partial charge in [0.15, 0.2) is 0 Å². The van der Waals surface area contributed by atoms with E-state index in [0.717, 1.165) is 5.70 Å². The Kier molecular flexibility index (Phi) is 4.07. The van der Waals surface area contributed by atoms with Gasteiger partial charge < -0.3 is 15.1 Å². The Morgan fingerprint density at radius 1 is 1.60 bits per heavy atom. The molecule has 0 aromatic rings. The monoisotopic (exact) mass is 145 g/mol.